The fourth-order valence-electron chi connectivity index (χ4n) is 1.79. The lowest BCUT2D eigenvalue weighted by atomic mass is 10.0. The van der Waals surface area contributed by atoms with Gasteiger partial charge in [-0.25, -0.2) is 4.39 Å². The summed E-state index contributed by atoms with van der Waals surface area (Å²) >= 11 is 0. The van der Waals surface area contributed by atoms with Crippen LogP contribution in [0.15, 0.2) is 12.1 Å². The van der Waals surface area contributed by atoms with Gasteiger partial charge in [0.25, 0.3) is 5.69 Å². The van der Waals surface area contributed by atoms with Crippen LogP contribution in [-0.2, 0) is 11.2 Å². The van der Waals surface area contributed by atoms with Crippen molar-refractivity contribution < 1.29 is 18.8 Å². The summed E-state index contributed by atoms with van der Waals surface area (Å²) < 4.78 is 23.3. The Labute approximate surface area is 110 Å². The van der Waals surface area contributed by atoms with Crippen LogP contribution in [0.4, 0.5) is 10.1 Å². The first-order valence-electron chi connectivity index (χ1n) is 5.70. The number of likely N-dealkylation sites (N-methyl/N-ethyl adjacent to an activating group) is 1. The highest BCUT2D eigenvalue weighted by atomic mass is 19.1. The van der Waals surface area contributed by atoms with Gasteiger partial charge in [0.05, 0.1) is 24.7 Å². The molecule has 1 aromatic carbocycles. The lowest BCUT2D eigenvalue weighted by Crippen LogP contribution is -2.32. The van der Waals surface area contributed by atoms with Crippen LogP contribution in [0.25, 0.3) is 0 Å². The van der Waals surface area contributed by atoms with Gasteiger partial charge in [-0.05, 0) is 19.5 Å². The molecule has 1 atom stereocenters. The molecular formula is C12H17FN2O4. The smallest absolute Gasteiger partial charge is 0.275 e. The minimum Gasteiger partial charge on any atom is -0.494 e. The second-order valence-electron chi connectivity index (χ2n) is 4.02. The second-order valence-corrected chi connectivity index (χ2v) is 4.02. The summed E-state index contributed by atoms with van der Waals surface area (Å²) in [6.45, 7) is 0.396. The van der Waals surface area contributed by atoms with E-state index in [-0.39, 0.29) is 17.5 Å². The molecule has 0 aromatic heterocycles. The van der Waals surface area contributed by atoms with Gasteiger partial charge in [-0.3, -0.25) is 10.1 Å². The molecule has 0 bridgehead atoms. The van der Waals surface area contributed by atoms with E-state index >= 15 is 0 Å². The molecule has 0 radical (unpaired) electrons. The molecule has 0 saturated heterocycles. The van der Waals surface area contributed by atoms with E-state index in [1.165, 1.54) is 13.2 Å². The normalized spacial score (nSPS) is 12.2. The Morgan fingerprint density at radius 2 is 2.16 bits per heavy atom. The summed E-state index contributed by atoms with van der Waals surface area (Å²) in [6.07, 6.45) is 0.345. The van der Waals surface area contributed by atoms with Crippen LogP contribution in [0.2, 0.25) is 0 Å². The number of rotatable bonds is 7. The first kappa shape index (κ1) is 15.3. The van der Waals surface area contributed by atoms with E-state index in [1.54, 1.807) is 14.2 Å². The van der Waals surface area contributed by atoms with Gasteiger partial charge >= 0.3 is 0 Å². The van der Waals surface area contributed by atoms with Gasteiger partial charge in [-0.1, -0.05) is 0 Å². The summed E-state index contributed by atoms with van der Waals surface area (Å²) in [5, 5.41) is 13.9. The van der Waals surface area contributed by atoms with Crippen LogP contribution in [0.3, 0.4) is 0 Å². The zero-order valence-corrected chi connectivity index (χ0v) is 11.1. The van der Waals surface area contributed by atoms with Crippen molar-refractivity contribution in [3.8, 4) is 5.75 Å². The number of nitrogens with zero attached hydrogens (tertiary/aromatic N) is 1. The van der Waals surface area contributed by atoms with Crippen LogP contribution in [-0.4, -0.2) is 38.8 Å². The van der Waals surface area contributed by atoms with E-state index in [1.807, 2.05) is 0 Å². The Bertz CT molecular complexity index is 454. The van der Waals surface area contributed by atoms with E-state index < -0.39 is 10.7 Å². The lowest BCUT2D eigenvalue weighted by molar-refractivity contribution is -0.385. The van der Waals surface area contributed by atoms with Crippen molar-refractivity contribution in [1.82, 2.24) is 5.32 Å². The molecule has 0 amide bonds. The number of hydrogen-bond donors (Lipinski definition) is 1. The third kappa shape index (κ3) is 3.87. The Hall–Kier alpha value is -1.73. The standard InChI is InChI=1S/C12H17FN2O4/c1-14-9(7-18-2)4-8-5-12(19-3)10(13)6-11(8)15(16)17/h5-6,9,14H,4,7H2,1-3H3. The number of nitro groups is 1. The average Bonchev–Trinajstić information content (AvgIpc) is 2.39. The van der Waals surface area contributed by atoms with Crippen molar-refractivity contribution in [2.24, 2.45) is 0 Å². The Kier molecular flexibility index (Phi) is 5.65. The Morgan fingerprint density at radius 1 is 1.47 bits per heavy atom. The molecule has 0 fully saturated rings. The van der Waals surface area contributed by atoms with E-state index in [9.17, 15) is 14.5 Å². The van der Waals surface area contributed by atoms with Crippen LogP contribution >= 0.6 is 0 Å². The zero-order valence-electron chi connectivity index (χ0n) is 11.1. The molecule has 0 spiro atoms. The summed E-state index contributed by atoms with van der Waals surface area (Å²) in [5.41, 5.74) is 0.148. The average molecular weight is 272 g/mol. The van der Waals surface area contributed by atoms with Crippen molar-refractivity contribution in [1.29, 1.82) is 0 Å². The highest BCUT2D eigenvalue weighted by Crippen LogP contribution is 2.28. The van der Waals surface area contributed by atoms with Crippen LogP contribution < -0.4 is 10.1 Å². The Morgan fingerprint density at radius 3 is 2.63 bits per heavy atom. The van der Waals surface area contributed by atoms with E-state index in [0.29, 0.717) is 18.6 Å². The molecule has 1 unspecified atom stereocenters. The number of halogens is 1. The number of nitrogens with one attached hydrogen (secondary N) is 1. The third-order valence-electron chi connectivity index (χ3n) is 2.79. The molecule has 7 heteroatoms. The first-order chi connectivity index (χ1) is 9.03. The highest BCUT2D eigenvalue weighted by Gasteiger charge is 2.21. The highest BCUT2D eigenvalue weighted by molar-refractivity contribution is 5.46. The van der Waals surface area contributed by atoms with Gasteiger partial charge in [0.2, 0.25) is 0 Å². The van der Waals surface area contributed by atoms with Gasteiger partial charge in [-0.15, -0.1) is 0 Å². The predicted molar refractivity (Wildman–Crippen MR) is 68.0 cm³/mol. The molecule has 0 aliphatic rings. The van der Waals surface area contributed by atoms with Crippen LogP contribution in [0.5, 0.6) is 5.75 Å². The van der Waals surface area contributed by atoms with E-state index in [4.69, 9.17) is 9.47 Å². The summed E-state index contributed by atoms with van der Waals surface area (Å²) in [6, 6.07) is 2.14. The topological polar surface area (TPSA) is 73.6 Å². The van der Waals surface area contributed by atoms with Crippen molar-refractivity contribution in [2.45, 2.75) is 12.5 Å². The number of methoxy groups -OCH3 is 2. The fourth-order valence-corrected chi connectivity index (χ4v) is 1.79. The van der Waals surface area contributed by atoms with Crippen molar-refractivity contribution in [2.75, 3.05) is 27.9 Å². The number of hydrogen-bond acceptors (Lipinski definition) is 5. The van der Waals surface area contributed by atoms with Gasteiger partial charge in [-0.2, -0.15) is 0 Å². The monoisotopic (exact) mass is 272 g/mol. The minimum absolute atomic E-state index is 0.00660. The maximum Gasteiger partial charge on any atom is 0.275 e. The third-order valence-corrected chi connectivity index (χ3v) is 2.79. The van der Waals surface area contributed by atoms with E-state index in [0.717, 1.165) is 6.07 Å². The molecule has 0 heterocycles. The summed E-state index contributed by atoms with van der Waals surface area (Å²) in [7, 11) is 4.60. The Balaban J connectivity index is 3.12. The van der Waals surface area contributed by atoms with Gasteiger partial charge in [0, 0.05) is 18.7 Å². The minimum atomic E-state index is -0.745. The lowest BCUT2D eigenvalue weighted by Gasteiger charge is -2.15. The zero-order chi connectivity index (χ0) is 14.4. The quantitative estimate of drug-likeness (QED) is 0.601. The number of benzene rings is 1. The second kappa shape index (κ2) is 7.01. The summed E-state index contributed by atoms with van der Waals surface area (Å²) in [4.78, 5) is 10.3. The SMILES string of the molecule is CNC(COC)Cc1cc(OC)c(F)cc1[N+](=O)[O-]. The van der Waals surface area contributed by atoms with Gasteiger partial charge < -0.3 is 14.8 Å². The predicted octanol–water partition coefficient (Wildman–Crippen LogP) is 1.52. The fraction of sp³-hybridized carbons (Fsp3) is 0.500. The molecule has 0 aliphatic heterocycles. The van der Waals surface area contributed by atoms with Crippen molar-refractivity contribution in [3.63, 3.8) is 0 Å². The summed E-state index contributed by atoms with van der Waals surface area (Å²) in [5.74, 6) is -0.751. The number of ether oxygens (including phenoxy) is 2. The molecule has 1 N–H and O–H groups in total. The van der Waals surface area contributed by atoms with Gasteiger partial charge in [0.1, 0.15) is 0 Å². The molecule has 6 nitrogen and oxygen atoms in total. The largest absolute Gasteiger partial charge is 0.494 e. The van der Waals surface area contributed by atoms with Crippen LogP contribution in [0.1, 0.15) is 5.56 Å². The molecule has 1 aromatic rings. The molecular weight excluding hydrogens is 255 g/mol. The molecule has 106 valence electrons. The molecule has 19 heavy (non-hydrogen) atoms. The maximum absolute atomic E-state index is 13.5. The van der Waals surface area contributed by atoms with Crippen molar-refractivity contribution >= 4 is 5.69 Å². The van der Waals surface area contributed by atoms with Crippen LogP contribution in [0, 0.1) is 15.9 Å². The van der Waals surface area contributed by atoms with Crippen molar-refractivity contribution in [3.05, 3.63) is 33.6 Å². The molecule has 0 aliphatic carbocycles. The number of nitro benzene ring substituents is 1. The maximum atomic E-state index is 13.5. The molecule has 1 rings (SSSR count). The van der Waals surface area contributed by atoms with E-state index in [2.05, 4.69) is 5.32 Å². The first-order valence-corrected chi connectivity index (χ1v) is 5.70. The molecule has 0 saturated carbocycles. The van der Waals surface area contributed by atoms with Gasteiger partial charge in [0.15, 0.2) is 11.6 Å².